The van der Waals surface area contributed by atoms with E-state index < -0.39 is 5.41 Å². The molecule has 1 aliphatic heterocycles. The molecule has 0 atom stereocenters. The molecule has 1 saturated carbocycles. The van der Waals surface area contributed by atoms with Gasteiger partial charge in [-0.1, -0.05) is 29.8 Å². The Hall–Kier alpha value is -2.37. The summed E-state index contributed by atoms with van der Waals surface area (Å²) in [6.45, 7) is 4.54. The van der Waals surface area contributed by atoms with E-state index in [0.717, 1.165) is 12.0 Å². The molecule has 1 aliphatic carbocycles. The van der Waals surface area contributed by atoms with Crippen LogP contribution in [0, 0.1) is 12.3 Å². The second kappa shape index (κ2) is 6.63. The third kappa shape index (κ3) is 3.27. The van der Waals surface area contributed by atoms with Crippen LogP contribution < -0.4 is 5.32 Å². The molecule has 2 fully saturated rings. The third-order valence-electron chi connectivity index (χ3n) is 4.92. The third-order valence-corrected chi connectivity index (χ3v) is 4.92. The number of carbonyl (C=O) groups is 3. The summed E-state index contributed by atoms with van der Waals surface area (Å²) < 4.78 is 0. The molecule has 0 aromatic heterocycles. The van der Waals surface area contributed by atoms with Gasteiger partial charge in [0.25, 0.3) is 0 Å². The predicted molar refractivity (Wildman–Crippen MR) is 88.9 cm³/mol. The van der Waals surface area contributed by atoms with Crippen molar-refractivity contribution in [2.45, 2.75) is 26.3 Å². The Kier molecular flexibility index (Phi) is 4.55. The molecule has 0 spiro atoms. The molecule has 2 aliphatic rings. The normalized spacial score (nSPS) is 18.9. The van der Waals surface area contributed by atoms with Crippen LogP contribution >= 0.6 is 0 Å². The summed E-state index contributed by atoms with van der Waals surface area (Å²) in [6.07, 6.45) is 2.03. The summed E-state index contributed by atoms with van der Waals surface area (Å²) >= 11 is 0. The van der Waals surface area contributed by atoms with E-state index in [1.54, 1.807) is 9.80 Å². The molecule has 0 unspecified atom stereocenters. The average Bonchev–Trinajstić information content (AvgIpc) is 3.42. The van der Waals surface area contributed by atoms with Crippen LogP contribution in [0.15, 0.2) is 24.3 Å². The van der Waals surface area contributed by atoms with Crippen molar-refractivity contribution < 1.29 is 14.4 Å². The summed E-state index contributed by atoms with van der Waals surface area (Å²) in [5.74, 6) is -0.264. The van der Waals surface area contributed by atoms with Gasteiger partial charge in [-0.15, -0.1) is 0 Å². The lowest BCUT2D eigenvalue weighted by Gasteiger charge is -2.34. The number of amides is 3. The smallest absolute Gasteiger partial charge is 0.238 e. The fourth-order valence-electron chi connectivity index (χ4n) is 3.05. The van der Waals surface area contributed by atoms with Crippen molar-refractivity contribution in [2.24, 2.45) is 5.41 Å². The topological polar surface area (TPSA) is 69.7 Å². The number of carbonyl (C=O) groups excluding carboxylic acids is 3. The summed E-state index contributed by atoms with van der Waals surface area (Å²) in [6, 6.07) is 7.98. The number of aryl methyl sites for hydroxylation is 1. The zero-order valence-corrected chi connectivity index (χ0v) is 14.0. The molecule has 1 heterocycles. The Morgan fingerprint density at radius 3 is 2.29 bits per heavy atom. The van der Waals surface area contributed by atoms with Crippen molar-refractivity contribution in [3.8, 4) is 0 Å². The van der Waals surface area contributed by atoms with Gasteiger partial charge in [0.1, 0.15) is 5.41 Å². The monoisotopic (exact) mass is 329 g/mol. The van der Waals surface area contributed by atoms with Crippen molar-refractivity contribution in [3.05, 3.63) is 35.4 Å². The molecule has 1 saturated heterocycles. The van der Waals surface area contributed by atoms with E-state index in [1.165, 1.54) is 5.56 Å². The molecule has 3 amide bonds. The summed E-state index contributed by atoms with van der Waals surface area (Å²) in [5.41, 5.74) is 1.32. The van der Waals surface area contributed by atoms with E-state index in [9.17, 15) is 14.4 Å². The molecular weight excluding hydrogens is 306 g/mol. The highest BCUT2D eigenvalue weighted by atomic mass is 16.2. The second-order valence-electron chi connectivity index (χ2n) is 6.68. The fourth-order valence-corrected chi connectivity index (χ4v) is 3.05. The van der Waals surface area contributed by atoms with E-state index in [2.05, 4.69) is 5.32 Å². The van der Waals surface area contributed by atoms with Gasteiger partial charge in [0, 0.05) is 32.7 Å². The summed E-state index contributed by atoms with van der Waals surface area (Å²) in [5, 5.41) is 2.91. The zero-order chi connectivity index (χ0) is 17.2. The second-order valence-corrected chi connectivity index (χ2v) is 6.68. The van der Waals surface area contributed by atoms with Crippen molar-refractivity contribution in [1.82, 2.24) is 15.1 Å². The number of benzene rings is 1. The van der Waals surface area contributed by atoms with Crippen LogP contribution in [0.5, 0.6) is 0 Å². The van der Waals surface area contributed by atoms with E-state index in [0.29, 0.717) is 45.6 Å². The van der Waals surface area contributed by atoms with Crippen LogP contribution in [0.4, 0.5) is 0 Å². The first-order valence-electron chi connectivity index (χ1n) is 8.38. The molecule has 6 heteroatoms. The first-order chi connectivity index (χ1) is 11.5. The molecule has 1 aromatic carbocycles. The highest BCUT2D eigenvalue weighted by molar-refractivity contribution is 6.07. The molecule has 24 heavy (non-hydrogen) atoms. The number of piperazine rings is 1. The lowest BCUT2D eigenvalue weighted by atomic mass is 10.0. The molecule has 0 bridgehead atoms. The number of rotatable bonds is 5. The quantitative estimate of drug-likeness (QED) is 0.638. The predicted octanol–water partition coefficient (Wildman–Crippen LogP) is 0.692. The van der Waals surface area contributed by atoms with Gasteiger partial charge in [-0.2, -0.15) is 0 Å². The standard InChI is InChI=1S/C18H23N3O3/c1-14-2-4-15(5-3-14)12-19-16(23)18(6-7-18)17(24)21-10-8-20(13-22)9-11-21/h2-5,13H,6-12H2,1H3,(H,19,23). The molecule has 0 radical (unpaired) electrons. The van der Waals surface area contributed by atoms with Gasteiger partial charge < -0.3 is 15.1 Å². The van der Waals surface area contributed by atoms with Crippen molar-refractivity contribution in [1.29, 1.82) is 0 Å². The largest absolute Gasteiger partial charge is 0.351 e. The number of nitrogens with one attached hydrogen (secondary N) is 1. The molecule has 1 N–H and O–H groups in total. The highest BCUT2D eigenvalue weighted by Crippen LogP contribution is 2.47. The van der Waals surface area contributed by atoms with E-state index in [-0.39, 0.29) is 11.8 Å². The van der Waals surface area contributed by atoms with Crippen LogP contribution in [0.3, 0.4) is 0 Å². The van der Waals surface area contributed by atoms with Crippen LogP contribution in [0.2, 0.25) is 0 Å². The molecule has 3 rings (SSSR count). The maximum atomic E-state index is 12.7. The van der Waals surface area contributed by atoms with Crippen molar-refractivity contribution in [2.75, 3.05) is 26.2 Å². The first-order valence-corrected chi connectivity index (χ1v) is 8.38. The molecule has 1 aromatic rings. The van der Waals surface area contributed by atoms with Gasteiger partial charge >= 0.3 is 0 Å². The van der Waals surface area contributed by atoms with Gasteiger partial charge in [0.2, 0.25) is 18.2 Å². The Morgan fingerprint density at radius 2 is 1.75 bits per heavy atom. The van der Waals surface area contributed by atoms with Gasteiger partial charge in [0.15, 0.2) is 0 Å². The first kappa shape index (κ1) is 16.5. The van der Waals surface area contributed by atoms with Gasteiger partial charge in [-0.25, -0.2) is 0 Å². The van der Waals surface area contributed by atoms with E-state index in [1.807, 2.05) is 31.2 Å². The zero-order valence-electron chi connectivity index (χ0n) is 14.0. The minimum Gasteiger partial charge on any atom is -0.351 e. The Balaban J connectivity index is 1.56. The van der Waals surface area contributed by atoms with Crippen LogP contribution in [-0.2, 0) is 20.9 Å². The van der Waals surface area contributed by atoms with E-state index in [4.69, 9.17) is 0 Å². The summed E-state index contributed by atoms with van der Waals surface area (Å²) in [7, 11) is 0. The number of hydrogen-bond acceptors (Lipinski definition) is 3. The van der Waals surface area contributed by atoms with Gasteiger partial charge in [0.05, 0.1) is 0 Å². The lowest BCUT2D eigenvalue weighted by molar-refractivity contribution is -0.146. The Labute approximate surface area is 141 Å². The maximum Gasteiger partial charge on any atom is 0.238 e. The van der Waals surface area contributed by atoms with Gasteiger partial charge in [-0.3, -0.25) is 14.4 Å². The fraction of sp³-hybridized carbons (Fsp3) is 0.500. The van der Waals surface area contributed by atoms with Crippen LogP contribution in [0.25, 0.3) is 0 Å². The van der Waals surface area contributed by atoms with Crippen LogP contribution in [-0.4, -0.2) is 54.2 Å². The SMILES string of the molecule is Cc1ccc(CNC(=O)C2(C(=O)N3CCN(C=O)CC3)CC2)cc1. The Morgan fingerprint density at radius 1 is 1.12 bits per heavy atom. The summed E-state index contributed by atoms with van der Waals surface area (Å²) in [4.78, 5) is 39.4. The van der Waals surface area contributed by atoms with E-state index >= 15 is 0 Å². The minimum absolute atomic E-state index is 0.0885. The molecule has 6 nitrogen and oxygen atoms in total. The minimum atomic E-state index is -0.881. The lowest BCUT2D eigenvalue weighted by Crippen LogP contribution is -2.52. The number of hydrogen-bond donors (Lipinski definition) is 1. The highest BCUT2D eigenvalue weighted by Gasteiger charge is 2.58. The molecule has 128 valence electrons. The van der Waals surface area contributed by atoms with Crippen molar-refractivity contribution in [3.63, 3.8) is 0 Å². The number of nitrogens with zero attached hydrogens (tertiary/aromatic N) is 2. The maximum absolute atomic E-state index is 12.7. The van der Waals surface area contributed by atoms with Gasteiger partial charge in [-0.05, 0) is 25.3 Å². The Bertz CT molecular complexity index is 629. The molecular formula is C18H23N3O3. The van der Waals surface area contributed by atoms with Crippen LogP contribution in [0.1, 0.15) is 24.0 Å². The van der Waals surface area contributed by atoms with Crippen molar-refractivity contribution >= 4 is 18.2 Å². The average molecular weight is 329 g/mol.